The zero-order chi connectivity index (χ0) is 22.4. The third-order valence-corrected chi connectivity index (χ3v) is 6.19. The molecule has 8 heteroatoms. The summed E-state index contributed by atoms with van der Waals surface area (Å²) >= 11 is 0. The minimum Gasteiger partial charge on any atom is -0.342 e. The SMILES string of the molecule is Cc1ccc(NC(=O)NCC2CCCN(C(=O)C3CCN(C(=O)N(C)C)CC3)C2)cc1. The van der Waals surface area contributed by atoms with Gasteiger partial charge in [-0.1, -0.05) is 17.7 Å². The third kappa shape index (κ3) is 6.35. The fourth-order valence-electron chi connectivity index (χ4n) is 4.34. The second-order valence-electron chi connectivity index (χ2n) is 8.93. The molecule has 0 spiro atoms. The molecule has 1 aromatic rings. The predicted octanol–water partition coefficient (Wildman–Crippen LogP) is 2.75. The van der Waals surface area contributed by atoms with Gasteiger partial charge in [-0.15, -0.1) is 0 Å². The molecule has 1 atom stereocenters. The van der Waals surface area contributed by atoms with Crippen LogP contribution in [0.1, 0.15) is 31.2 Å². The molecule has 2 fully saturated rings. The number of hydrogen-bond acceptors (Lipinski definition) is 3. The summed E-state index contributed by atoms with van der Waals surface area (Å²) in [6, 6.07) is 7.48. The van der Waals surface area contributed by atoms with Gasteiger partial charge in [-0.3, -0.25) is 4.79 Å². The van der Waals surface area contributed by atoms with Crippen molar-refractivity contribution in [3.63, 3.8) is 0 Å². The Morgan fingerprint density at radius 1 is 1.00 bits per heavy atom. The first-order valence-corrected chi connectivity index (χ1v) is 11.2. The molecule has 170 valence electrons. The Hall–Kier alpha value is -2.77. The highest BCUT2D eigenvalue weighted by Gasteiger charge is 2.32. The fourth-order valence-corrected chi connectivity index (χ4v) is 4.34. The number of amides is 5. The number of rotatable bonds is 4. The Balaban J connectivity index is 1.42. The average Bonchev–Trinajstić information content (AvgIpc) is 2.78. The van der Waals surface area contributed by atoms with Crippen LogP contribution >= 0.6 is 0 Å². The zero-order valence-electron chi connectivity index (χ0n) is 18.9. The summed E-state index contributed by atoms with van der Waals surface area (Å²) < 4.78 is 0. The van der Waals surface area contributed by atoms with Crippen LogP contribution in [-0.2, 0) is 4.79 Å². The number of piperidine rings is 2. The van der Waals surface area contributed by atoms with Crippen molar-refractivity contribution < 1.29 is 14.4 Å². The van der Waals surface area contributed by atoms with Crippen LogP contribution < -0.4 is 10.6 Å². The van der Waals surface area contributed by atoms with Crippen molar-refractivity contribution >= 4 is 23.7 Å². The monoisotopic (exact) mass is 429 g/mol. The molecule has 0 radical (unpaired) electrons. The van der Waals surface area contributed by atoms with Crippen LogP contribution in [0.4, 0.5) is 15.3 Å². The van der Waals surface area contributed by atoms with Crippen molar-refractivity contribution in [1.29, 1.82) is 0 Å². The molecule has 0 saturated carbocycles. The number of urea groups is 2. The summed E-state index contributed by atoms with van der Waals surface area (Å²) in [5.74, 6) is 0.449. The lowest BCUT2D eigenvalue weighted by Gasteiger charge is -2.38. The number of aryl methyl sites for hydroxylation is 1. The van der Waals surface area contributed by atoms with Gasteiger partial charge in [0.15, 0.2) is 0 Å². The number of benzene rings is 1. The molecule has 0 bridgehead atoms. The van der Waals surface area contributed by atoms with E-state index in [1.54, 1.807) is 19.0 Å². The quantitative estimate of drug-likeness (QED) is 0.772. The highest BCUT2D eigenvalue weighted by molar-refractivity contribution is 5.89. The van der Waals surface area contributed by atoms with Gasteiger partial charge in [0, 0.05) is 58.4 Å². The van der Waals surface area contributed by atoms with E-state index in [4.69, 9.17) is 0 Å². The van der Waals surface area contributed by atoms with Crippen molar-refractivity contribution in [3.8, 4) is 0 Å². The van der Waals surface area contributed by atoms with Gasteiger partial charge in [0.05, 0.1) is 0 Å². The minimum absolute atomic E-state index is 0.0113. The fraction of sp³-hybridized carbons (Fsp3) is 0.609. The van der Waals surface area contributed by atoms with Gasteiger partial charge in [0.25, 0.3) is 0 Å². The molecule has 5 amide bonds. The van der Waals surface area contributed by atoms with Gasteiger partial charge in [-0.05, 0) is 50.7 Å². The van der Waals surface area contributed by atoms with Crippen molar-refractivity contribution in [1.82, 2.24) is 20.0 Å². The van der Waals surface area contributed by atoms with Crippen LogP contribution in [0.3, 0.4) is 0 Å². The topological polar surface area (TPSA) is 85.0 Å². The summed E-state index contributed by atoms with van der Waals surface area (Å²) in [5.41, 5.74) is 1.91. The largest absolute Gasteiger partial charge is 0.342 e. The average molecular weight is 430 g/mol. The first kappa shape index (κ1) is 22.9. The Labute approximate surface area is 184 Å². The molecule has 0 aromatic heterocycles. The third-order valence-electron chi connectivity index (χ3n) is 6.19. The Morgan fingerprint density at radius 3 is 2.32 bits per heavy atom. The molecule has 3 rings (SSSR count). The maximum atomic E-state index is 13.0. The first-order chi connectivity index (χ1) is 14.8. The van der Waals surface area contributed by atoms with Gasteiger partial charge >= 0.3 is 12.1 Å². The normalized spacial score (nSPS) is 19.6. The van der Waals surface area contributed by atoms with Crippen molar-refractivity contribution in [2.75, 3.05) is 52.1 Å². The van der Waals surface area contributed by atoms with E-state index >= 15 is 0 Å². The van der Waals surface area contributed by atoms with Crippen LogP contribution in [-0.4, -0.2) is 79.5 Å². The van der Waals surface area contributed by atoms with Crippen LogP contribution in [0.2, 0.25) is 0 Å². The predicted molar refractivity (Wildman–Crippen MR) is 121 cm³/mol. The molecule has 2 N–H and O–H groups in total. The van der Waals surface area contributed by atoms with Crippen LogP contribution in [0.15, 0.2) is 24.3 Å². The lowest BCUT2D eigenvalue weighted by molar-refractivity contribution is -0.138. The van der Waals surface area contributed by atoms with Crippen molar-refractivity contribution in [3.05, 3.63) is 29.8 Å². The van der Waals surface area contributed by atoms with E-state index < -0.39 is 0 Å². The molecular weight excluding hydrogens is 394 g/mol. The van der Waals surface area contributed by atoms with E-state index in [2.05, 4.69) is 10.6 Å². The van der Waals surface area contributed by atoms with Crippen LogP contribution in [0, 0.1) is 18.8 Å². The maximum Gasteiger partial charge on any atom is 0.319 e. The first-order valence-electron chi connectivity index (χ1n) is 11.2. The van der Waals surface area contributed by atoms with E-state index in [0.29, 0.717) is 26.2 Å². The smallest absolute Gasteiger partial charge is 0.319 e. The van der Waals surface area contributed by atoms with E-state index in [0.717, 1.165) is 43.5 Å². The number of anilines is 1. The molecule has 2 aliphatic rings. The zero-order valence-corrected chi connectivity index (χ0v) is 18.9. The van der Waals surface area contributed by atoms with E-state index in [1.807, 2.05) is 41.0 Å². The second kappa shape index (κ2) is 10.5. The molecular formula is C23H35N5O3. The number of carbonyl (C=O) groups excluding carboxylic acids is 3. The molecule has 1 aromatic carbocycles. The molecule has 1 unspecified atom stereocenters. The minimum atomic E-state index is -0.217. The second-order valence-corrected chi connectivity index (χ2v) is 8.93. The van der Waals surface area contributed by atoms with Gasteiger partial charge in [-0.2, -0.15) is 0 Å². The maximum absolute atomic E-state index is 13.0. The van der Waals surface area contributed by atoms with E-state index in [-0.39, 0.29) is 29.8 Å². The molecule has 2 heterocycles. The molecule has 2 aliphatic heterocycles. The highest BCUT2D eigenvalue weighted by Crippen LogP contribution is 2.24. The van der Waals surface area contributed by atoms with Crippen LogP contribution in [0.25, 0.3) is 0 Å². The van der Waals surface area contributed by atoms with E-state index in [1.165, 1.54) is 0 Å². The lowest BCUT2D eigenvalue weighted by Crippen LogP contribution is -2.50. The molecule has 2 saturated heterocycles. The number of carbonyl (C=O) groups is 3. The van der Waals surface area contributed by atoms with Crippen molar-refractivity contribution in [2.24, 2.45) is 11.8 Å². The molecule has 31 heavy (non-hydrogen) atoms. The van der Waals surface area contributed by atoms with Gasteiger partial charge in [0.2, 0.25) is 5.91 Å². The highest BCUT2D eigenvalue weighted by atomic mass is 16.2. The Bertz CT molecular complexity index is 772. The van der Waals surface area contributed by atoms with Gasteiger partial charge in [0.1, 0.15) is 0 Å². The number of likely N-dealkylation sites (tertiary alicyclic amines) is 2. The Kier molecular flexibility index (Phi) is 7.76. The molecule has 0 aliphatic carbocycles. The lowest BCUT2D eigenvalue weighted by atomic mass is 9.92. The summed E-state index contributed by atoms with van der Waals surface area (Å²) in [7, 11) is 3.51. The standard InChI is InChI=1S/C23H35N5O3/c1-17-6-8-20(9-7-17)25-22(30)24-15-18-5-4-12-28(16-18)21(29)19-10-13-27(14-11-19)23(31)26(2)3/h6-9,18-19H,4-5,10-16H2,1-3H3,(H2,24,25,30). The van der Waals surface area contributed by atoms with E-state index in [9.17, 15) is 14.4 Å². The number of hydrogen-bond donors (Lipinski definition) is 2. The molecule has 8 nitrogen and oxygen atoms in total. The Morgan fingerprint density at radius 2 is 1.68 bits per heavy atom. The summed E-state index contributed by atoms with van der Waals surface area (Å²) in [4.78, 5) is 42.7. The summed E-state index contributed by atoms with van der Waals surface area (Å²) in [6.45, 7) is 5.28. The van der Waals surface area contributed by atoms with Crippen LogP contribution in [0.5, 0.6) is 0 Å². The van der Waals surface area contributed by atoms with Crippen molar-refractivity contribution in [2.45, 2.75) is 32.6 Å². The van der Waals surface area contributed by atoms with Gasteiger partial charge < -0.3 is 25.3 Å². The summed E-state index contributed by atoms with van der Waals surface area (Å²) in [5, 5.41) is 5.80. The van der Waals surface area contributed by atoms with Gasteiger partial charge in [-0.25, -0.2) is 9.59 Å². The summed E-state index contributed by atoms with van der Waals surface area (Å²) in [6.07, 6.45) is 3.40. The number of nitrogens with one attached hydrogen (secondary N) is 2. The number of nitrogens with zero attached hydrogens (tertiary/aromatic N) is 3.